The predicted molar refractivity (Wildman–Crippen MR) is 72.1 cm³/mol. The van der Waals surface area contributed by atoms with E-state index in [0.717, 1.165) is 0 Å². The number of carbonyl (C=O) groups excluding carboxylic acids is 1. The van der Waals surface area contributed by atoms with Crippen LogP contribution in [0.25, 0.3) is 0 Å². The molecule has 98 valence electrons. The molecule has 0 bridgehead atoms. The van der Waals surface area contributed by atoms with Gasteiger partial charge >= 0.3 is 5.97 Å². The summed E-state index contributed by atoms with van der Waals surface area (Å²) < 4.78 is 15.6. The van der Waals surface area contributed by atoms with Gasteiger partial charge in [0.15, 0.2) is 11.5 Å². The topological polar surface area (TPSA) is 44.8 Å². The van der Waals surface area contributed by atoms with Gasteiger partial charge in [0.2, 0.25) is 0 Å². The Bertz CT molecular complexity index is 429. The Morgan fingerprint density at radius 1 is 1.33 bits per heavy atom. The molecule has 0 atom stereocenters. The fraction of sp³-hybridized carbons (Fsp3) is 0.308. The molecular formula is C13H15BrO4. The van der Waals surface area contributed by atoms with Crippen molar-refractivity contribution in [3.8, 4) is 11.5 Å². The molecule has 0 N–H and O–H groups in total. The first kappa shape index (κ1) is 14.6. The number of methoxy groups -OCH3 is 1. The van der Waals surface area contributed by atoms with Crippen molar-refractivity contribution in [3.05, 3.63) is 36.1 Å². The van der Waals surface area contributed by atoms with Crippen molar-refractivity contribution in [2.75, 3.05) is 19.0 Å². The lowest BCUT2D eigenvalue weighted by Crippen LogP contribution is -2.05. The summed E-state index contributed by atoms with van der Waals surface area (Å²) in [5.74, 6) is 1.18. The average Bonchev–Trinajstić information content (AvgIpc) is 2.38. The third-order valence-electron chi connectivity index (χ3n) is 2.01. The molecule has 0 unspecified atom stereocenters. The summed E-state index contributed by atoms with van der Waals surface area (Å²) in [7, 11) is 1.56. The lowest BCUT2D eigenvalue weighted by atomic mass is 10.3. The van der Waals surface area contributed by atoms with Gasteiger partial charge in [0.1, 0.15) is 5.76 Å². The number of alkyl halides is 1. The summed E-state index contributed by atoms with van der Waals surface area (Å²) in [6, 6.07) is 7.22. The minimum Gasteiger partial charge on any atom is -0.493 e. The van der Waals surface area contributed by atoms with Crippen molar-refractivity contribution in [3.63, 3.8) is 0 Å². The molecule has 0 radical (unpaired) electrons. The van der Waals surface area contributed by atoms with Crippen molar-refractivity contribution in [2.45, 2.75) is 6.92 Å². The number of rotatable bonds is 6. The van der Waals surface area contributed by atoms with Gasteiger partial charge in [-0.05, 0) is 19.1 Å². The summed E-state index contributed by atoms with van der Waals surface area (Å²) in [5.41, 5.74) is 0. The maximum atomic E-state index is 11.3. The number of hydrogen-bond donors (Lipinski definition) is 0. The summed E-state index contributed by atoms with van der Waals surface area (Å²) in [6.45, 7) is 2.08. The number of esters is 1. The standard InChI is InChI=1S/C13H15BrO4/c1-3-17-13(15)8-10(9-14)18-12-7-5-4-6-11(12)16-2/h4-8H,3,9H2,1-2H3/b10-8-. The largest absolute Gasteiger partial charge is 0.493 e. The van der Waals surface area contributed by atoms with Crippen molar-refractivity contribution < 1.29 is 19.0 Å². The Balaban J connectivity index is 2.82. The van der Waals surface area contributed by atoms with Gasteiger partial charge in [0.25, 0.3) is 0 Å². The first-order valence-corrected chi connectivity index (χ1v) is 6.57. The number of ether oxygens (including phenoxy) is 3. The molecule has 1 aromatic rings. The summed E-state index contributed by atoms with van der Waals surface area (Å²) in [5, 5.41) is 0.407. The van der Waals surface area contributed by atoms with Crippen LogP contribution < -0.4 is 9.47 Å². The number of allylic oxidation sites excluding steroid dienone is 1. The molecular weight excluding hydrogens is 300 g/mol. The highest BCUT2D eigenvalue weighted by Crippen LogP contribution is 2.27. The van der Waals surface area contributed by atoms with Gasteiger partial charge in [-0.25, -0.2) is 4.79 Å². The molecule has 0 saturated heterocycles. The Kier molecular flexibility index (Phi) is 6.28. The summed E-state index contributed by atoms with van der Waals surface area (Å²) in [4.78, 5) is 11.3. The molecule has 5 heteroatoms. The van der Waals surface area contributed by atoms with Crippen LogP contribution in [0.5, 0.6) is 11.5 Å². The number of hydrogen-bond acceptors (Lipinski definition) is 4. The number of benzene rings is 1. The van der Waals surface area contributed by atoms with Crippen LogP contribution in [0.3, 0.4) is 0 Å². The van der Waals surface area contributed by atoms with Crippen LogP contribution in [0, 0.1) is 0 Å². The fourth-order valence-corrected chi connectivity index (χ4v) is 1.53. The van der Waals surface area contributed by atoms with E-state index in [4.69, 9.17) is 14.2 Å². The Hall–Kier alpha value is -1.49. The zero-order chi connectivity index (χ0) is 13.4. The van der Waals surface area contributed by atoms with E-state index in [1.807, 2.05) is 12.1 Å². The molecule has 4 nitrogen and oxygen atoms in total. The Morgan fingerprint density at radius 2 is 2.00 bits per heavy atom. The molecule has 0 heterocycles. The van der Waals surface area contributed by atoms with Gasteiger partial charge in [-0.1, -0.05) is 28.1 Å². The average molecular weight is 315 g/mol. The first-order valence-electron chi connectivity index (χ1n) is 5.45. The lowest BCUT2D eigenvalue weighted by molar-refractivity contribution is -0.137. The van der Waals surface area contributed by atoms with E-state index in [1.54, 1.807) is 26.2 Å². The Labute approximate surface area is 115 Å². The van der Waals surface area contributed by atoms with Crippen LogP contribution >= 0.6 is 15.9 Å². The van der Waals surface area contributed by atoms with Crippen molar-refractivity contribution in [1.29, 1.82) is 0 Å². The smallest absolute Gasteiger partial charge is 0.334 e. The number of para-hydroxylation sites is 2. The lowest BCUT2D eigenvalue weighted by Gasteiger charge is -2.11. The van der Waals surface area contributed by atoms with E-state index in [-0.39, 0.29) is 0 Å². The van der Waals surface area contributed by atoms with Crippen molar-refractivity contribution in [1.82, 2.24) is 0 Å². The minimum atomic E-state index is -0.429. The van der Waals surface area contributed by atoms with Crippen LogP contribution in [0.2, 0.25) is 0 Å². The van der Waals surface area contributed by atoms with Crippen molar-refractivity contribution in [2.24, 2.45) is 0 Å². The van der Waals surface area contributed by atoms with Gasteiger partial charge in [0, 0.05) is 0 Å². The molecule has 0 aliphatic rings. The molecule has 0 saturated carbocycles. The zero-order valence-corrected chi connectivity index (χ0v) is 11.9. The zero-order valence-electron chi connectivity index (χ0n) is 10.3. The highest BCUT2D eigenvalue weighted by atomic mass is 79.9. The maximum Gasteiger partial charge on any atom is 0.334 e. The van der Waals surface area contributed by atoms with E-state index in [1.165, 1.54) is 6.08 Å². The molecule has 18 heavy (non-hydrogen) atoms. The molecule has 0 aromatic heterocycles. The third kappa shape index (κ3) is 4.41. The van der Waals surface area contributed by atoms with E-state index < -0.39 is 5.97 Å². The molecule has 0 aliphatic carbocycles. The summed E-state index contributed by atoms with van der Waals surface area (Å²) >= 11 is 3.26. The highest BCUT2D eigenvalue weighted by Gasteiger charge is 2.08. The molecule has 0 fully saturated rings. The molecule has 1 aromatic carbocycles. The van der Waals surface area contributed by atoms with E-state index in [9.17, 15) is 4.79 Å². The Morgan fingerprint density at radius 3 is 2.56 bits per heavy atom. The monoisotopic (exact) mass is 314 g/mol. The third-order valence-corrected chi connectivity index (χ3v) is 2.56. The van der Waals surface area contributed by atoms with E-state index in [0.29, 0.717) is 29.2 Å². The highest BCUT2D eigenvalue weighted by molar-refractivity contribution is 9.09. The van der Waals surface area contributed by atoms with E-state index >= 15 is 0 Å². The van der Waals surface area contributed by atoms with Gasteiger partial charge in [-0.3, -0.25) is 0 Å². The van der Waals surface area contributed by atoms with Crippen molar-refractivity contribution >= 4 is 21.9 Å². The van der Waals surface area contributed by atoms with Crippen LogP contribution in [0.1, 0.15) is 6.92 Å². The summed E-state index contributed by atoms with van der Waals surface area (Å²) in [6.07, 6.45) is 1.31. The van der Waals surface area contributed by atoms with E-state index in [2.05, 4.69) is 15.9 Å². The second kappa shape index (κ2) is 7.76. The van der Waals surface area contributed by atoms with Gasteiger partial charge in [0.05, 0.1) is 25.1 Å². The minimum absolute atomic E-state index is 0.333. The molecule has 0 amide bonds. The fourth-order valence-electron chi connectivity index (χ4n) is 1.26. The van der Waals surface area contributed by atoms with Gasteiger partial charge in [-0.15, -0.1) is 0 Å². The second-order valence-electron chi connectivity index (χ2n) is 3.25. The molecule has 0 aliphatic heterocycles. The SMILES string of the molecule is CCOC(=O)/C=C(/CBr)Oc1ccccc1OC. The van der Waals surface area contributed by atoms with Crippen LogP contribution in [0.4, 0.5) is 0 Å². The van der Waals surface area contributed by atoms with Gasteiger partial charge < -0.3 is 14.2 Å². The second-order valence-corrected chi connectivity index (χ2v) is 3.81. The predicted octanol–water partition coefficient (Wildman–Crippen LogP) is 2.92. The quantitative estimate of drug-likeness (QED) is 0.350. The van der Waals surface area contributed by atoms with Crippen LogP contribution in [-0.4, -0.2) is 25.0 Å². The number of carbonyl (C=O) groups is 1. The van der Waals surface area contributed by atoms with Gasteiger partial charge in [-0.2, -0.15) is 0 Å². The van der Waals surface area contributed by atoms with Crippen LogP contribution in [0.15, 0.2) is 36.1 Å². The maximum absolute atomic E-state index is 11.3. The number of halogens is 1. The first-order chi connectivity index (χ1) is 8.71. The molecule has 0 spiro atoms. The van der Waals surface area contributed by atoms with Crippen LogP contribution in [-0.2, 0) is 9.53 Å². The molecule has 1 rings (SSSR count). The normalized spacial score (nSPS) is 10.9.